The van der Waals surface area contributed by atoms with Gasteiger partial charge in [-0.3, -0.25) is 9.59 Å². The summed E-state index contributed by atoms with van der Waals surface area (Å²) < 4.78 is 19.4. The van der Waals surface area contributed by atoms with Gasteiger partial charge in [-0.1, -0.05) is 68.1 Å². The monoisotopic (exact) mass is 440 g/mol. The lowest BCUT2D eigenvalue weighted by atomic mass is 9.95. The van der Waals surface area contributed by atoms with Gasteiger partial charge < -0.3 is 15.0 Å². The van der Waals surface area contributed by atoms with Crippen LogP contribution in [0.1, 0.15) is 56.6 Å². The van der Waals surface area contributed by atoms with E-state index in [-0.39, 0.29) is 36.8 Å². The van der Waals surface area contributed by atoms with E-state index in [4.69, 9.17) is 4.74 Å². The summed E-state index contributed by atoms with van der Waals surface area (Å²) in [5.41, 5.74) is 2.02. The van der Waals surface area contributed by atoms with E-state index >= 15 is 0 Å². The molecule has 1 fully saturated rings. The number of aryl methyl sites for hydroxylation is 1. The van der Waals surface area contributed by atoms with Gasteiger partial charge in [0.2, 0.25) is 5.91 Å². The van der Waals surface area contributed by atoms with Crippen molar-refractivity contribution in [2.75, 3.05) is 6.61 Å². The Morgan fingerprint density at radius 1 is 1.12 bits per heavy atom. The molecule has 6 heteroatoms. The first-order chi connectivity index (χ1) is 15.5. The Kier molecular flexibility index (Phi) is 8.65. The number of hydrogen-bond donors (Lipinski definition) is 1. The number of nitrogens with zero attached hydrogens (tertiary/aromatic N) is 1. The molecule has 2 aromatic rings. The van der Waals surface area contributed by atoms with E-state index in [2.05, 4.69) is 5.32 Å². The molecule has 0 aromatic heterocycles. The number of carbonyl (C=O) groups excluding carboxylic acids is 2. The number of nitrogens with one attached hydrogen (secondary N) is 1. The zero-order valence-electron chi connectivity index (χ0n) is 19.0. The van der Waals surface area contributed by atoms with Gasteiger partial charge in [-0.2, -0.15) is 0 Å². The third-order valence-electron chi connectivity index (χ3n) is 5.96. The lowest BCUT2D eigenvalue weighted by molar-refractivity contribution is -0.143. The normalized spacial score (nSPS) is 15.1. The Morgan fingerprint density at radius 2 is 1.88 bits per heavy atom. The predicted molar refractivity (Wildman–Crippen MR) is 123 cm³/mol. The lowest BCUT2D eigenvalue weighted by Crippen LogP contribution is -2.52. The molecule has 0 aliphatic heterocycles. The number of halogens is 1. The van der Waals surface area contributed by atoms with Crippen molar-refractivity contribution in [1.29, 1.82) is 0 Å². The van der Waals surface area contributed by atoms with Crippen LogP contribution in [-0.2, 0) is 16.1 Å². The molecule has 1 saturated carbocycles. The number of benzene rings is 2. The highest BCUT2D eigenvalue weighted by molar-refractivity contribution is 5.88. The minimum atomic E-state index is -0.617. The lowest BCUT2D eigenvalue weighted by Gasteiger charge is -2.32. The molecule has 0 unspecified atom stereocenters. The van der Waals surface area contributed by atoms with Crippen LogP contribution in [0.15, 0.2) is 48.5 Å². The molecule has 1 atom stereocenters. The number of para-hydroxylation sites is 1. The van der Waals surface area contributed by atoms with Crippen molar-refractivity contribution in [3.8, 4) is 5.75 Å². The molecule has 5 nitrogen and oxygen atoms in total. The van der Waals surface area contributed by atoms with Crippen molar-refractivity contribution in [3.63, 3.8) is 0 Å². The molecule has 1 N–H and O–H groups in total. The Morgan fingerprint density at radius 3 is 2.56 bits per heavy atom. The molecule has 0 saturated heterocycles. The number of carbonyl (C=O) groups is 2. The standard InChI is InChI=1S/C26H33FN2O3/c1-3-23(26(31)28-21-12-5-4-6-13-21)29(17-20-11-9-10-19(2)16-20)25(30)18-32-24-15-8-7-14-22(24)27/h7-11,14-16,21,23H,3-6,12-13,17-18H2,1-2H3,(H,28,31)/t23-/m1/s1. The summed E-state index contributed by atoms with van der Waals surface area (Å²) in [7, 11) is 0. The van der Waals surface area contributed by atoms with Crippen LogP contribution in [0.25, 0.3) is 0 Å². The zero-order valence-corrected chi connectivity index (χ0v) is 19.0. The minimum Gasteiger partial charge on any atom is -0.481 e. The average Bonchev–Trinajstić information content (AvgIpc) is 2.79. The molecular formula is C26H33FN2O3. The molecule has 3 rings (SSSR count). The third-order valence-corrected chi connectivity index (χ3v) is 5.96. The minimum absolute atomic E-state index is 0.0241. The molecule has 172 valence electrons. The second-order valence-corrected chi connectivity index (χ2v) is 8.50. The van der Waals surface area contributed by atoms with Crippen LogP contribution in [0, 0.1) is 12.7 Å². The van der Waals surface area contributed by atoms with E-state index in [9.17, 15) is 14.0 Å². The van der Waals surface area contributed by atoms with E-state index in [0.717, 1.165) is 36.8 Å². The van der Waals surface area contributed by atoms with Crippen LogP contribution in [-0.4, -0.2) is 35.4 Å². The largest absolute Gasteiger partial charge is 0.481 e. The van der Waals surface area contributed by atoms with Gasteiger partial charge >= 0.3 is 0 Å². The Bertz CT molecular complexity index is 911. The first kappa shape index (κ1) is 23.8. The number of ether oxygens (including phenoxy) is 1. The Hall–Kier alpha value is -2.89. The zero-order chi connectivity index (χ0) is 22.9. The molecule has 1 aliphatic rings. The fourth-order valence-corrected chi connectivity index (χ4v) is 4.26. The van der Waals surface area contributed by atoms with Gasteiger partial charge in [0.1, 0.15) is 6.04 Å². The van der Waals surface area contributed by atoms with Crippen LogP contribution in [0.2, 0.25) is 0 Å². The topological polar surface area (TPSA) is 58.6 Å². The molecule has 32 heavy (non-hydrogen) atoms. The number of rotatable bonds is 9. The van der Waals surface area contributed by atoms with E-state index in [0.29, 0.717) is 6.42 Å². The van der Waals surface area contributed by atoms with E-state index < -0.39 is 11.9 Å². The Balaban J connectivity index is 1.76. The van der Waals surface area contributed by atoms with E-state index in [1.54, 1.807) is 17.0 Å². The van der Waals surface area contributed by atoms with Crippen LogP contribution in [0.5, 0.6) is 5.75 Å². The van der Waals surface area contributed by atoms with Gasteiger partial charge in [0.15, 0.2) is 18.2 Å². The average molecular weight is 441 g/mol. The molecule has 1 aliphatic carbocycles. The van der Waals surface area contributed by atoms with Gasteiger partial charge in [0, 0.05) is 12.6 Å². The quantitative estimate of drug-likeness (QED) is 0.611. The molecule has 0 bridgehead atoms. The Labute approximate surface area is 190 Å². The summed E-state index contributed by atoms with van der Waals surface area (Å²) in [6, 6.07) is 13.4. The fourth-order valence-electron chi connectivity index (χ4n) is 4.26. The summed E-state index contributed by atoms with van der Waals surface area (Å²) in [6.07, 6.45) is 5.87. The van der Waals surface area contributed by atoms with Crippen molar-refractivity contribution in [2.24, 2.45) is 0 Å². The van der Waals surface area contributed by atoms with Crippen LogP contribution in [0.4, 0.5) is 4.39 Å². The van der Waals surface area contributed by atoms with Crippen molar-refractivity contribution in [1.82, 2.24) is 10.2 Å². The maximum atomic E-state index is 13.9. The van der Waals surface area contributed by atoms with Gasteiger partial charge in [-0.05, 0) is 43.9 Å². The molecule has 0 spiro atoms. The summed E-state index contributed by atoms with van der Waals surface area (Å²) in [4.78, 5) is 27.9. The van der Waals surface area contributed by atoms with Crippen molar-refractivity contribution < 1.29 is 18.7 Å². The predicted octanol–water partition coefficient (Wildman–Crippen LogP) is 4.77. The van der Waals surface area contributed by atoms with Gasteiger partial charge in [0.05, 0.1) is 0 Å². The first-order valence-corrected chi connectivity index (χ1v) is 11.5. The van der Waals surface area contributed by atoms with Crippen molar-refractivity contribution in [2.45, 2.75) is 71.0 Å². The van der Waals surface area contributed by atoms with Crippen molar-refractivity contribution >= 4 is 11.8 Å². The highest BCUT2D eigenvalue weighted by Crippen LogP contribution is 2.20. The van der Waals surface area contributed by atoms with Crippen LogP contribution >= 0.6 is 0 Å². The number of amides is 2. The smallest absolute Gasteiger partial charge is 0.261 e. The van der Waals surface area contributed by atoms with Gasteiger partial charge in [-0.15, -0.1) is 0 Å². The summed E-state index contributed by atoms with van der Waals surface area (Å²) in [5, 5.41) is 3.15. The fraction of sp³-hybridized carbons (Fsp3) is 0.462. The SMILES string of the molecule is CC[C@H](C(=O)NC1CCCCC1)N(Cc1cccc(C)c1)C(=O)COc1ccccc1F. The number of hydrogen-bond acceptors (Lipinski definition) is 3. The second kappa shape index (κ2) is 11.7. The summed E-state index contributed by atoms with van der Waals surface area (Å²) in [6.45, 7) is 3.85. The van der Waals surface area contributed by atoms with Crippen molar-refractivity contribution in [3.05, 3.63) is 65.5 Å². The second-order valence-electron chi connectivity index (χ2n) is 8.50. The maximum absolute atomic E-state index is 13.9. The van der Waals surface area contributed by atoms with Crippen LogP contribution in [0.3, 0.4) is 0 Å². The van der Waals surface area contributed by atoms with Gasteiger partial charge in [0.25, 0.3) is 5.91 Å². The maximum Gasteiger partial charge on any atom is 0.261 e. The molecule has 2 aromatic carbocycles. The highest BCUT2D eigenvalue weighted by Gasteiger charge is 2.30. The molecule has 0 heterocycles. The first-order valence-electron chi connectivity index (χ1n) is 11.5. The molecular weight excluding hydrogens is 407 g/mol. The van der Waals surface area contributed by atoms with E-state index in [1.165, 1.54) is 18.6 Å². The third kappa shape index (κ3) is 6.55. The van der Waals surface area contributed by atoms with Crippen LogP contribution < -0.4 is 10.1 Å². The highest BCUT2D eigenvalue weighted by atomic mass is 19.1. The van der Waals surface area contributed by atoms with E-state index in [1.807, 2.05) is 38.1 Å². The van der Waals surface area contributed by atoms with Gasteiger partial charge in [-0.25, -0.2) is 4.39 Å². The summed E-state index contributed by atoms with van der Waals surface area (Å²) in [5.74, 6) is -0.977. The molecule has 2 amide bonds. The molecule has 0 radical (unpaired) electrons. The summed E-state index contributed by atoms with van der Waals surface area (Å²) >= 11 is 0.